The molecule has 0 saturated carbocycles. The fourth-order valence-electron chi connectivity index (χ4n) is 3.17. The Morgan fingerprint density at radius 2 is 1.86 bits per heavy atom. The third kappa shape index (κ3) is 3.66. The molecule has 0 unspecified atom stereocenters. The minimum atomic E-state index is -3.59. The summed E-state index contributed by atoms with van der Waals surface area (Å²) in [5, 5.41) is 2.85. The van der Waals surface area contributed by atoms with Gasteiger partial charge in [0.2, 0.25) is 10.0 Å². The number of carbonyl (C=O) groups excluding carboxylic acids is 1. The summed E-state index contributed by atoms with van der Waals surface area (Å²) in [6, 6.07) is 16.3. The van der Waals surface area contributed by atoms with Crippen LogP contribution in [0.25, 0.3) is 10.4 Å². The predicted octanol–water partition coefficient (Wildman–Crippen LogP) is 3.49. The Hall–Kier alpha value is -2.68. The van der Waals surface area contributed by atoms with Crippen LogP contribution in [0.2, 0.25) is 0 Å². The SMILES string of the molecule is CN(C)S(=O)(=O)c1ccccc1CNC(=O)c1cc2c(s1)-c1ccccc1OC2. The maximum absolute atomic E-state index is 12.7. The monoisotopic (exact) mass is 428 g/mol. The molecule has 2 heterocycles. The molecule has 0 aliphatic carbocycles. The van der Waals surface area contributed by atoms with Gasteiger partial charge < -0.3 is 10.1 Å². The molecule has 29 heavy (non-hydrogen) atoms. The second kappa shape index (κ2) is 7.62. The lowest BCUT2D eigenvalue weighted by molar-refractivity contribution is 0.0954. The van der Waals surface area contributed by atoms with Gasteiger partial charge in [0.15, 0.2) is 0 Å². The molecule has 150 valence electrons. The zero-order valence-corrected chi connectivity index (χ0v) is 17.6. The van der Waals surface area contributed by atoms with E-state index >= 15 is 0 Å². The highest BCUT2D eigenvalue weighted by Crippen LogP contribution is 2.42. The number of fused-ring (bicyclic) bond motifs is 3. The Morgan fingerprint density at radius 3 is 2.66 bits per heavy atom. The first-order valence-electron chi connectivity index (χ1n) is 9.01. The van der Waals surface area contributed by atoms with Crippen molar-refractivity contribution in [2.24, 2.45) is 0 Å². The number of ether oxygens (including phenoxy) is 1. The van der Waals surface area contributed by atoms with Crippen molar-refractivity contribution >= 4 is 27.3 Å². The van der Waals surface area contributed by atoms with Crippen LogP contribution >= 0.6 is 11.3 Å². The fourth-order valence-corrected chi connectivity index (χ4v) is 5.40. The third-order valence-electron chi connectivity index (χ3n) is 4.72. The summed E-state index contributed by atoms with van der Waals surface area (Å²) in [4.78, 5) is 14.5. The number of thiophene rings is 1. The van der Waals surface area contributed by atoms with Crippen LogP contribution in [0.5, 0.6) is 5.75 Å². The Labute approximate surface area is 173 Å². The van der Waals surface area contributed by atoms with Crippen molar-refractivity contribution < 1.29 is 17.9 Å². The Balaban J connectivity index is 1.55. The summed E-state index contributed by atoms with van der Waals surface area (Å²) >= 11 is 1.42. The highest BCUT2D eigenvalue weighted by molar-refractivity contribution is 7.89. The number of sulfonamides is 1. The number of amides is 1. The molecule has 1 aromatic heterocycles. The van der Waals surface area contributed by atoms with Crippen molar-refractivity contribution in [2.75, 3.05) is 14.1 Å². The number of nitrogens with one attached hydrogen (secondary N) is 1. The van der Waals surface area contributed by atoms with E-state index in [2.05, 4.69) is 5.32 Å². The summed E-state index contributed by atoms with van der Waals surface area (Å²) < 4.78 is 32.0. The van der Waals surface area contributed by atoms with E-state index in [1.165, 1.54) is 29.7 Å². The lowest BCUT2D eigenvalue weighted by Crippen LogP contribution is -2.26. The van der Waals surface area contributed by atoms with Crippen LogP contribution in [0.1, 0.15) is 20.8 Å². The molecule has 2 aromatic carbocycles. The molecule has 8 heteroatoms. The molecule has 0 saturated heterocycles. The topological polar surface area (TPSA) is 75.7 Å². The zero-order valence-electron chi connectivity index (χ0n) is 16.0. The highest BCUT2D eigenvalue weighted by atomic mass is 32.2. The lowest BCUT2D eigenvalue weighted by Gasteiger charge is -2.16. The maximum Gasteiger partial charge on any atom is 0.261 e. The standard InChI is InChI=1S/C21H20N2O4S2/c1-23(2)29(25,26)19-10-6-3-7-14(19)12-22-21(24)18-11-15-13-27-17-9-5-4-8-16(17)20(15)28-18/h3-11H,12-13H2,1-2H3,(H,22,24). The van der Waals surface area contributed by atoms with Gasteiger partial charge in [-0.25, -0.2) is 12.7 Å². The highest BCUT2D eigenvalue weighted by Gasteiger charge is 2.24. The molecule has 4 rings (SSSR count). The summed E-state index contributed by atoms with van der Waals surface area (Å²) in [5.41, 5.74) is 2.51. The van der Waals surface area contributed by atoms with Gasteiger partial charge in [-0.3, -0.25) is 4.79 Å². The van der Waals surface area contributed by atoms with E-state index in [4.69, 9.17) is 4.74 Å². The van der Waals surface area contributed by atoms with Crippen molar-refractivity contribution in [3.05, 3.63) is 70.6 Å². The number of hydrogen-bond acceptors (Lipinski definition) is 5. The first-order chi connectivity index (χ1) is 13.9. The van der Waals surface area contributed by atoms with E-state index in [-0.39, 0.29) is 17.3 Å². The molecule has 1 aliphatic heterocycles. The second-order valence-corrected chi connectivity index (χ2v) is 10.0. The first-order valence-corrected chi connectivity index (χ1v) is 11.3. The smallest absolute Gasteiger partial charge is 0.261 e. The van der Waals surface area contributed by atoms with Crippen LogP contribution in [-0.4, -0.2) is 32.7 Å². The van der Waals surface area contributed by atoms with E-state index in [1.807, 2.05) is 30.3 Å². The first kappa shape index (κ1) is 19.6. The Kier molecular flexibility index (Phi) is 5.16. The number of rotatable bonds is 5. The summed E-state index contributed by atoms with van der Waals surface area (Å²) in [6.07, 6.45) is 0. The van der Waals surface area contributed by atoms with Crippen molar-refractivity contribution in [2.45, 2.75) is 18.0 Å². The molecule has 6 nitrogen and oxygen atoms in total. The summed E-state index contributed by atoms with van der Waals surface area (Å²) in [5.74, 6) is 0.579. The predicted molar refractivity (Wildman–Crippen MR) is 113 cm³/mol. The number of carbonyl (C=O) groups is 1. The lowest BCUT2D eigenvalue weighted by atomic mass is 10.1. The van der Waals surface area contributed by atoms with Gasteiger partial charge in [0, 0.05) is 36.6 Å². The molecule has 1 aliphatic rings. The van der Waals surface area contributed by atoms with E-state index in [1.54, 1.807) is 24.3 Å². The second-order valence-electron chi connectivity index (χ2n) is 6.83. The van der Waals surface area contributed by atoms with Crippen LogP contribution in [0.4, 0.5) is 0 Å². The van der Waals surface area contributed by atoms with Crippen molar-refractivity contribution in [1.29, 1.82) is 0 Å². The Bertz CT molecular complexity index is 1180. The summed E-state index contributed by atoms with van der Waals surface area (Å²) in [6.45, 7) is 0.553. The molecular formula is C21H20N2O4S2. The van der Waals surface area contributed by atoms with E-state index in [9.17, 15) is 13.2 Å². The molecule has 0 radical (unpaired) electrons. The summed E-state index contributed by atoms with van der Waals surface area (Å²) in [7, 11) is -0.614. The number of nitrogens with zero attached hydrogens (tertiary/aromatic N) is 1. The number of benzene rings is 2. The van der Waals surface area contributed by atoms with Gasteiger partial charge in [-0.05, 0) is 29.8 Å². The van der Waals surface area contributed by atoms with Crippen LogP contribution in [-0.2, 0) is 23.2 Å². The molecule has 1 N–H and O–H groups in total. The van der Waals surface area contributed by atoms with Gasteiger partial charge in [-0.15, -0.1) is 11.3 Å². The van der Waals surface area contributed by atoms with Gasteiger partial charge in [0.25, 0.3) is 5.91 Å². The van der Waals surface area contributed by atoms with Crippen molar-refractivity contribution in [3.8, 4) is 16.2 Å². The van der Waals surface area contributed by atoms with Gasteiger partial charge >= 0.3 is 0 Å². The molecule has 1 amide bonds. The molecular weight excluding hydrogens is 408 g/mol. The van der Waals surface area contributed by atoms with Gasteiger partial charge in [0.1, 0.15) is 12.4 Å². The van der Waals surface area contributed by atoms with Crippen LogP contribution in [0, 0.1) is 0 Å². The van der Waals surface area contributed by atoms with Gasteiger partial charge in [-0.2, -0.15) is 0 Å². The van der Waals surface area contributed by atoms with E-state index in [0.717, 1.165) is 21.8 Å². The van der Waals surface area contributed by atoms with Gasteiger partial charge in [0.05, 0.1) is 9.77 Å². The van der Waals surface area contributed by atoms with Crippen molar-refractivity contribution in [1.82, 2.24) is 9.62 Å². The van der Waals surface area contributed by atoms with Crippen LogP contribution in [0.3, 0.4) is 0 Å². The zero-order chi connectivity index (χ0) is 20.6. The third-order valence-corrected chi connectivity index (χ3v) is 7.84. The minimum Gasteiger partial charge on any atom is -0.488 e. The fraction of sp³-hybridized carbons (Fsp3) is 0.190. The molecule has 3 aromatic rings. The quantitative estimate of drug-likeness (QED) is 0.675. The average Bonchev–Trinajstić information content (AvgIpc) is 3.17. The van der Waals surface area contributed by atoms with Crippen molar-refractivity contribution in [3.63, 3.8) is 0 Å². The Morgan fingerprint density at radius 1 is 1.14 bits per heavy atom. The minimum absolute atomic E-state index is 0.123. The molecule has 0 spiro atoms. The molecule has 0 bridgehead atoms. The van der Waals surface area contributed by atoms with E-state index < -0.39 is 10.0 Å². The largest absolute Gasteiger partial charge is 0.488 e. The normalized spacial score (nSPS) is 12.8. The maximum atomic E-state index is 12.7. The number of hydrogen-bond donors (Lipinski definition) is 1. The van der Waals surface area contributed by atoms with Gasteiger partial charge in [-0.1, -0.05) is 30.3 Å². The average molecular weight is 429 g/mol. The number of para-hydroxylation sites is 1. The molecule has 0 fully saturated rings. The van der Waals surface area contributed by atoms with Crippen LogP contribution < -0.4 is 10.1 Å². The van der Waals surface area contributed by atoms with Crippen LogP contribution in [0.15, 0.2) is 59.5 Å². The molecule has 0 atom stereocenters. The van der Waals surface area contributed by atoms with E-state index in [0.29, 0.717) is 17.0 Å².